The van der Waals surface area contributed by atoms with Crippen LogP contribution < -0.4 is 5.73 Å². The average Bonchev–Trinajstić information content (AvgIpc) is 3.08. The molecule has 2 N–H and O–H groups in total. The number of allylic oxidation sites excluding steroid dienone is 6. The molecule has 1 nitrogen and oxygen atoms in total. The Hall–Kier alpha value is 1.72. The Balaban J connectivity index is 1.83. The Morgan fingerprint density at radius 2 is 1.15 bits per heavy atom. The van der Waals surface area contributed by atoms with Gasteiger partial charge in [-0.3, -0.25) is 0 Å². The zero-order chi connectivity index (χ0) is 24.5. The van der Waals surface area contributed by atoms with Crippen molar-refractivity contribution in [3.8, 4) is 0 Å². The van der Waals surface area contributed by atoms with Crippen LogP contribution in [0.15, 0.2) is 43.9 Å². The predicted molar refractivity (Wildman–Crippen MR) is 145 cm³/mol. The number of hydrogen-bond donors (Lipinski definition) is 1. The van der Waals surface area contributed by atoms with E-state index in [0.29, 0.717) is 28.0 Å². The summed E-state index contributed by atoms with van der Waals surface area (Å²) >= 11 is 83.0. The van der Waals surface area contributed by atoms with Crippen LogP contribution in [-0.2, 0) is 0 Å². The highest BCUT2D eigenvalue weighted by atomic mass is 35.5. The van der Waals surface area contributed by atoms with E-state index in [1.165, 1.54) is 0 Å². The molecule has 5 aliphatic carbocycles. The van der Waals surface area contributed by atoms with Crippen molar-refractivity contribution in [2.75, 3.05) is 5.73 Å². The smallest absolute Gasteiger partial charge is 0.174 e. The Morgan fingerprint density at radius 3 is 1.73 bits per heavy atom. The summed E-state index contributed by atoms with van der Waals surface area (Å²) in [7, 11) is 0. The third-order valence-electron chi connectivity index (χ3n) is 7.57. The fourth-order valence-corrected chi connectivity index (χ4v) is 12.0. The predicted octanol–water partition coefficient (Wildman–Crippen LogP) is 9.43. The fourth-order valence-electron chi connectivity index (χ4n) is 6.24. The molecule has 4 bridgehead atoms. The number of nitrogens with two attached hydrogens (primary N) is 1. The van der Waals surface area contributed by atoms with E-state index in [1.54, 1.807) is 18.2 Å². The van der Waals surface area contributed by atoms with Gasteiger partial charge in [0.1, 0.15) is 19.5 Å². The maximum absolute atomic E-state index is 7.22. The van der Waals surface area contributed by atoms with Gasteiger partial charge in [0.25, 0.3) is 0 Å². The summed E-state index contributed by atoms with van der Waals surface area (Å²) in [4.78, 5) is -6.85. The van der Waals surface area contributed by atoms with Crippen LogP contribution >= 0.6 is 139 Å². The molecule has 0 heterocycles. The van der Waals surface area contributed by atoms with Crippen LogP contribution in [0, 0.1) is 5.92 Å². The van der Waals surface area contributed by atoms with Gasteiger partial charge in [0.05, 0.1) is 20.1 Å². The molecule has 0 aromatic heterocycles. The maximum Gasteiger partial charge on any atom is 0.174 e. The maximum atomic E-state index is 7.22. The minimum absolute atomic E-state index is 0.000792. The molecule has 1 fully saturated rings. The summed E-state index contributed by atoms with van der Waals surface area (Å²) in [6.07, 6.45) is 0. The number of benzene rings is 1. The zero-order valence-electron chi connectivity index (χ0n) is 15.5. The van der Waals surface area contributed by atoms with Crippen molar-refractivity contribution in [3.05, 3.63) is 55.0 Å². The molecule has 0 spiro atoms. The molecule has 5 aliphatic rings. The number of nitrogen functional groups attached to an aromatic ring is 1. The van der Waals surface area contributed by atoms with Gasteiger partial charge in [-0.2, -0.15) is 0 Å². The second-order valence-corrected chi connectivity index (χ2v) is 15.2. The minimum atomic E-state index is -1.91. The third-order valence-corrected chi connectivity index (χ3v) is 15.9. The molecule has 0 saturated heterocycles. The summed E-state index contributed by atoms with van der Waals surface area (Å²) in [6.45, 7) is 0. The van der Waals surface area contributed by atoms with Crippen molar-refractivity contribution in [3.63, 3.8) is 0 Å². The average molecular weight is 687 g/mol. The van der Waals surface area contributed by atoms with Crippen molar-refractivity contribution in [1.29, 1.82) is 0 Å². The van der Waals surface area contributed by atoms with Crippen LogP contribution in [0.4, 0.5) is 5.69 Å². The molecular weight excluding hydrogens is 680 g/mol. The summed E-state index contributed by atoms with van der Waals surface area (Å²) in [6, 6.07) is 5.16. The van der Waals surface area contributed by atoms with E-state index in [1.807, 2.05) is 0 Å². The lowest BCUT2D eigenvalue weighted by atomic mass is 9.64. The Labute approximate surface area is 248 Å². The number of halogens is 12. The van der Waals surface area contributed by atoms with E-state index >= 15 is 0 Å². The molecule has 0 aliphatic heterocycles. The SMILES string of the molecule is Nc1ccc2c(c1)[C@@H]1[C@H](C3=C2[C@@]2(Cl)C(Cl)=C(Cl)[C@@]3(Cl)C2(Cl)Cl)[C@@]2(Cl)C(Cl)=C(Cl)[C@@]1(Cl)C2(Cl)Cl. The highest BCUT2D eigenvalue weighted by Gasteiger charge is 2.88. The van der Waals surface area contributed by atoms with Gasteiger partial charge in [0, 0.05) is 17.5 Å². The summed E-state index contributed by atoms with van der Waals surface area (Å²) in [5.41, 5.74) is 8.65. The first kappa shape index (κ1) is 25.0. The Morgan fingerprint density at radius 1 is 0.636 bits per heavy atom. The number of hydrogen-bond acceptors (Lipinski definition) is 1. The molecule has 13 heteroatoms. The van der Waals surface area contributed by atoms with E-state index in [4.69, 9.17) is 145 Å². The summed E-state index contributed by atoms with van der Waals surface area (Å²) in [5.74, 6) is -1.60. The van der Waals surface area contributed by atoms with Crippen LogP contribution in [0.1, 0.15) is 17.0 Å². The molecule has 1 aromatic carbocycles. The number of anilines is 1. The number of alkyl halides is 8. The monoisotopic (exact) mass is 681 g/mol. The Kier molecular flexibility index (Phi) is 5.04. The van der Waals surface area contributed by atoms with Gasteiger partial charge >= 0.3 is 0 Å². The van der Waals surface area contributed by atoms with E-state index < -0.39 is 40.0 Å². The van der Waals surface area contributed by atoms with Gasteiger partial charge in [-0.05, 0) is 34.4 Å². The lowest BCUT2D eigenvalue weighted by Gasteiger charge is -2.46. The first-order valence-electron chi connectivity index (χ1n) is 9.28. The van der Waals surface area contributed by atoms with Crippen molar-refractivity contribution in [1.82, 2.24) is 0 Å². The lowest BCUT2D eigenvalue weighted by Crippen LogP contribution is -2.49. The number of fused-ring (bicyclic) bond motifs is 13. The van der Waals surface area contributed by atoms with Gasteiger partial charge in [-0.25, -0.2) is 0 Å². The lowest BCUT2D eigenvalue weighted by molar-refractivity contribution is 0.444. The molecular formula is C20H7Cl12N. The quantitative estimate of drug-likeness (QED) is 0.214. The largest absolute Gasteiger partial charge is 0.399 e. The standard InChI is InChI=1S/C20H7Cl12N/c21-11-13(23)17(27)9-7(15(11,25)19(17,29)30)5-2-1-4(33)3-6(5)8-10(9)18(28)14(24)12(22)16(8,26)20(18,31)32/h1-3,8,10H,33H2/t8-,10-,15-,16-,17-,18-/m1/s1. The molecule has 33 heavy (non-hydrogen) atoms. The van der Waals surface area contributed by atoms with Gasteiger partial charge < -0.3 is 5.73 Å². The highest BCUT2D eigenvalue weighted by molar-refractivity contribution is 6.70. The first-order chi connectivity index (χ1) is 15.0. The van der Waals surface area contributed by atoms with Crippen molar-refractivity contribution >= 4 is 150 Å². The highest BCUT2D eigenvalue weighted by Crippen LogP contribution is 2.86. The van der Waals surface area contributed by atoms with E-state index in [0.717, 1.165) is 0 Å². The van der Waals surface area contributed by atoms with Crippen molar-refractivity contribution < 1.29 is 0 Å². The Bertz CT molecular complexity index is 1310. The molecule has 6 atom stereocenters. The topological polar surface area (TPSA) is 26.0 Å². The van der Waals surface area contributed by atoms with Gasteiger partial charge in [0.2, 0.25) is 0 Å². The molecule has 0 unspecified atom stereocenters. The molecule has 0 amide bonds. The minimum Gasteiger partial charge on any atom is -0.399 e. The van der Waals surface area contributed by atoms with Crippen LogP contribution in [0.3, 0.4) is 0 Å². The third kappa shape index (κ3) is 2.11. The van der Waals surface area contributed by atoms with Crippen LogP contribution in [0.25, 0.3) is 5.57 Å². The van der Waals surface area contributed by atoms with Crippen LogP contribution in [0.2, 0.25) is 0 Å². The van der Waals surface area contributed by atoms with Gasteiger partial charge in [-0.1, -0.05) is 98.9 Å². The van der Waals surface area contributed by atoms with Crippen molar-refractivity contribution in [2.24, 2.45) is 5.92 Å². The number of rotatable bonds is 0. The van der Waals surface area contributed by atoms with E-state index in [2.05, 4.69) is 0 Å². The first-order valence-corrected chi connectivity index (χ1v) is 13.8. The van der Waals surface area contributed by atoms with Gasteiger partial charge in [-0.15, -0.1) is 46.4 Å². The van der Waals surface area contributed by atoms with Gasteiger partial charge in [0.15, 0.2) is 8.67 Å². The summed E-state index contributed by atoms with van der Waals surface area (Å²) < 4.78 is -3.79. The molecule has 0 radical (unpaired) electrons. The molecule has 6 rings (SSSR count). The van der Waals surface area contributed by atoms with Crippen LogP contribution in [-0.4, -0.2) is 28.2 Å². The molecule has 1 aromatic rings. The fraction of sp³-hybridized carbons (Fsp3) is 0.400. The second-order valence-electron chi connectivity index (χ2n) is 8.74. The molecule has 1 saturated carbocycles. The molecule has 176 valence electrons. The van der Waals surface area contributed by atoms with Crippen molar-refractivity contribution in [2.45, 2.75) is 34.1 Å². The van der Waals surface area contributed by atoms with E-state index in [9.17, 15) is 0 Å². The van der Waals surface area contributed by atoms with Crippen LogP contribution in [0.5, 0.6) is 0 Å². The normalized spacial score (nSPS) is 45.7. The zero-order valence-corrected chi connectivity index (χ0v) is 24.6. The van der Waals surface area contributed by atoms with E-state index in [-0.39, 0.29) is 20.1 Å². The summed E-state index contributed by atoms with van der Waals surface area (Å²) in [5, 5.41) is -0.0193. The second kappa shape index (κ2) is 6.64.